The van der Waals surface area contributed by atoms with Crippen molar-refractivity contribution >= 4 is 11.3 Å². The molecule has 102 valence electrons. The number of para-hydroxylation sites is 1. The second-order valence-electron chi connectivity index (χ2n) is 4.85. The maximum Gasteiger partial charge on any atom is 0.140 e. The molecule has 0 spiro atoms. The van der Waals surface area contributed by atoms with Crippen molar-refractivity contribution in [3.8, 4) is 5.75 Å². The van der Waals surface area contributed by atoms with E-state index in [9.17, 15) is 0 Å². The second-order valence-corrected chi connectivity index (χ2v) is 6.05. The Balaban J connectivity index is 1.77. The van der Waals surface area contributed by atoms with Crippen molar-refractivity contribution in [1.29, 1.82) is 0 Å². The number of ether oxygens (including phenoxy) is 1. The molecule has 3 nitrogen and oxygen atoms in total. The molecular formula is C15H20N2OS. The number of aromatic nitrogens is 1. The van der Waals surface area contributed by atoms with Gasteiger partial charge in [-0.15, -0.1) is 11.3 Å². The normalized spacial score (nSPS) is 10.9. The minimum atomic E-state index is 0.541. The van der Waals surface area contributed by atoms with Crippen LogP contribution in [0.5, 0.6) is 5.75 Å². The number of thiazole rings is 1. The smallest absolute Gasteiger partial charge is 0.140 e. The summed E-state index contributed by atoms with van der Waals surface area (Å²) in [6, 6.07) is 9.84. The van der Waals surface area contributed by atoms with Crippen molar-refractivity contribution in [2.45, 2.75) is 27.0 Å². The Kier molecular flexibility index (Phi) is 5.36. The first kappa shape index (κ1) is 14.0. The van der Waals surface area contributed by atoms with Gasteiger partial charge in [-0.05, 0) is 24.6 Å². The summed E-state index contributed by atoms with van der Waals surface area (Å²) in [6.45, 7) is 6.88. The third-order valence-corrected chi connectivity index (χ3v) is 3.53. The monoisotopic (exact) mass is 276 g/mol. The number of hydrogen-bond acceptors (Lipinski definition) is 4. The molecule has 0 saturated heterocycles. The summed E-state index contributed by atoms with van der Waals surface area (Å²) in [5, 5.41) is 4.44. The largest absolute Gasteiger partial charge is 0.486 e. The molecule has 1 aromatic carbocycles. The van der Waals surface area contributed by atoms with Crippen molar-refractivity contribution in [1.82, 2.24) is 10.3 Å². The van der Waals surface area contributed by atoms with Gasteiger partial charge in [0.2, 0.25) is 0 Å². The van der Waals surface area contributed by atoms with Gasteiger partial charge in [0.1, 0.15) is 17.4 Å². The first-order valence-corrected chi connectivity index (χ1v) is 7.38. The molecule has 0 atom stereocenters. The first-order chi connectivity index (χ1) is 9.24. The van der Waals surface area contributed by atoms with Crippen molar-refractivity contribution < 1.29 is 4.74 Å². The van der Waals surface area contributed by atoms with Gasteiger partial charge in [-0.3, -0.25) is 0 Å². The van der Waals surface area contributed by atoms with Crippen LogP contribution in [0, 0.1) is 5.92 Å². The van der Waals surface area contributed by atoms with E-state index >= 15 is 0 Å². The van der Waals surface area contributed by atoms with Crippen LogP contribution in [-0.2, 0) is 13.2 Å². The fraction of sp³-hybridized carbons (Fsp3) is 0.400. The van der Waals surface area contributed by atoms with Gasteiger partial charge in [0, 0.05) is 17.6 Å². The lowest BCUT2D eigenvalue weighted by Gasteiger charge is -2.05. The molecule has 2 rings (SSSR count). The molecule has 2 aromatic rings. The highest BCUT2D eigenvalue weighted by molar-refractivity contribution is 7.11. The summed E-state index contributed by atoms with van der Waals surface area (Å²) in [4.78, 5) is 5.64. The highest BCUT2D eigenvalue weighted by atomic mass is 32.1. The third kappa shape index (κ3) is 5.01. The number of nitrogens with zero attached hydrogens (tertiary/aromatic N) is 1. The molecule has 1 aromatic heterocycles. The SMILES string of the molecule is CC(C)CNCc1cnc(COc2ccccc2)s1. The van der Waals surface area contributed by atoms with Crippen molar-refractivity contribution in [3.63, 3.8) is 0 Å². The maximum absolute atomic E-state index is 5.68. The molecule has 0 aliphatic rings. The molecule has 0 unspecified atom stereocenters. The van der Waals surface area contributed by atoms with Gasteiger partial charge in [0.25, 0.3) is 0 Å². The Hall–Kier alpha value is -1.39. The highest BCUT2D eigenvalue weighted by Gasteiger charge is 2.03. The van der Waals surface area contributed by atoms with Crippen LogP contribution >= 0.6 is 11.3 Å². The van der Waals surface area contributed by atoms with Crippen molar-refractivity contribution in [3.05, 3.63) is 46.4 Å². The van der Waals surface area contributed by atoms with Crippen LogP contribution in [0.1, 0.15) is 23.7 Å². The van der Waals surface area contributed by atoms with E-state index in [0.29, 0.717) is 12.5 Å². The summed E-state index contributed by atoms with van der Waals surface area (Å²) >= 11 is 1.71. The molecule has 1 N–H and O–H groups in total. The number of hydrogen-bond donors (Lipinski definition) is 1. The molecule has 1 heterocycles. The lowest BCUT2D eigenvalue weighted by molar-refractivity contribution is 0.305. The van der Waals surface area contributed by atoms with Crippen LogP contribution in [0.4, 0.5) is 0 Å². The van der Waals surface area contributed by atoms with Gasteiger partial charge < -0.3 is 10.1 Å². The summed E-state index contributed by atoms with van der Waals surface area (Å²) < 4.78 is 5.68. The Labute approximate surface area is 118 Å². The van der Waals surface area contributed by atoms with Gasteiger partial charge >= 0.3 is 0 Å². The van der Waals surface area contributed by atoms with Crippen LogP contribution in [0.3, 0.4) is 0 Å². The number of benzene rings is 1. The Bertz CT molecular complexity index is 482. The lowest BCUT2D eigenvalue weighted by Crippen LogP contribution is -2.18. The Morgan fingerprint density at radius 1 is 1.26 bits per heavy atom. The Morgan fingerprint density at radius 2 is 2.05 bits per heavy atom. The fourth-order valence-electron chi connectivity index (χ4n) is 1.64. The topological polar surface area (TPSA) is 34.2 Å². The molecule has 4 heteroatoms. The van der Waals surface area contributed by atoms with E-state index in [-0.39, 0.29) is 0 Å². The standard InChI is InChI=1S/C15H20N2OS/c1-12(2)8-16-9-14-10-17-15(19-14)11-18-13-6-4-3-5-7-13/h3-7,10,12,16H,8-9,11H2,1-2H3. The molecule has 19 heavy (non-hydrogen) atoms. The lowest BCUT2D eigenvalue weighted by atomic mass is 10.2. The van der Waals surface area contributed by atoms with E-state index in [1.54, 1.807) is 11.3 Å². The van der Waals surface area contributed by atoms with Crippen LogP contribution in [0.2, 0.25) is 0 Å². The maximum atomic E-state index is 5.68. The molecule has 0 radical (unpaired) electrons. The van der Waals surface area contributed by atoms with E-state index in [0.717, 1.165) is 23.8 Å². The van der Waals surface area contributed by atoms with Gasteiger partial charge in [-0.25, -0.2) is 4.98 Å². The zero-order chi connectivity index (χ0) is 13.5. The van der Waals surface area contributed by atoms with Crippen molar-refractivity contribution in [2.24, 2.45) is 5.92 Å². The quantitative estimate of drug-likeness (QED) is 0.841. The summed E-state index contributed by atoms with van der Waals surface area (Å²) in [6.07, 6.45) is 1.93. The molecule has 0 bridgehead atoms. The zero-order valence-electron chi connectivity index (χ0n) is 11.4. The number of nitrogens with one attached hydrogen (secondary N) is 1. The van der Waals surface area contributed by atoms with E-state index < -0.39 is 0 Å². The predicted molar refractivity (Wildman–Crippen MR) is 79.4 cm³/mol. The van der Waals surface area contributed by atoms with Crippen LogP contribution in [-0.4, -0.2) is 11.5 Å². The molecule has 0 fully saturated rings. The van der Waals surface area contributed by atoms with Crippen LogP contribution < -0.4 is 10.1 Å². The van der Waals surface area contributed by atoms with Crippen LogP contribution in [0.25, 0.3) is 0 Å². The van der Waals surface area contributed by atoms with Gasteiger partial charge in [-0.1, -0.05) is 32.0 Å². The van der Waals surface area contributed by atoms with Crippen LogP contribution in [0.15, 0.2) is 36.5 Å². The minimum absolute atomic E-state index is 0.541. The highest BCUT2D eigenvalue weighted by Crippen LogP contribution is 2.16. The first-order valence-electron chi connectivity index (χ1n) is 6.56. The molecule has 0 amide bonds. The molecule has 0 aliphatic carbocycles. The zero-order valence-corrected chi connectivity index (χ0v) is 12.2. The predicted octanol–water partition coefficient (Wildman–Crippen LogP) is 3.47. The number of rotatable bonds is 7. The average molecular weight is 276 g/mol. The fourth-order valence-corrected chi connectivity index (χ4v) is 2.45. The Morgan fingerprint density at radius 3 is 2.79 bits per heavy atom. The van der Waals surface area contributed by atoms with Crippen molar-refractivity contribution in [2.75, 3.05) is 6.54 Å². The van der Waals surface area contributed by atoms with E-state index in [1.165, 1.54) is 4.88 Å². The molecular weight excluding hydrogens is 256 g/mol. The summed E-state index contributed by atoms with van der Waals surface area (Å²) in [5.41, 5.74) is 0. The third-order valence-electron chi connectivity index (χ3n) is 2.56. The second kappa shape index (κ2) is 7.26. The summed E-state index contributed by atoms with van der Waals surface area (Å²) in [5.74, 6) is 1.56. The molecule has 0 aliphatic heterocycles. The van der Waals surface area contributed by atoms with Gasteiger partial charge in [0.05, 0.1) is 0 Å². The van der Waals surface area contributed by atoms with E-state index in [1.807, 2.05) is 36.5 Å². The van der Waals surface area contributed by atoms with E-state index in [2.05, 4.69) is 24.1 Å². The summed E-state index contributed by atoms with van der Waals surface area (Å²) in [7, 11) is 0. The molecule has 0 saturated carbocycles. The van der Waals surface area contributed by atoms with Gasteiger partial charge in [0.15, 0.2) is 0 Å². The van der Waals surface area contributed by atoms with Gasteiger partial charge in [-0.2, -0.15) is 0 Å². The average Bonchev–Trinajstić information content (AvgIpc) is 2.85. The van der Waals surface area contributed by atoms with E-state index in [4.69, 9.17) is 4.74 Å². The minimum Gasteiger partial charge on any atom is -0.486 e.